The molecule has 1 unspecified atom stereocenters. The van der Waals surface area contributed by atoms with E-state index in [4.69, 9.17) is 20.8 Å². The lowest BCUT2D eigenvalue weighted by atomic mass is 10.1. The zero-order chi connectivity index (χ0) is 21.1. The van der Waals surface area contributed by atoms with Crippen LogP contribution in [-0.2, 0) is 16.0 Å². The molecule has 7 nitrogen and oxygen atoms in total. The predicted molar refractivity (Wildman–Crippen MR) is 112 cm³/mol. The van der Waals surface area contributed by atoms with Gasteiger partial charge in [0.1, 0.15) is 11.9 Å². The monoisotopic (exact) mass is 423 g/mol. The minimum Gasteiger partial charge on any atom is -0.472 e. The van der Waals surface area contributed by atoms with Gasteiger partial charge in [-0.2, -0.15) is 0 Å². The van der Waals surface area contributed by atoms with Gasteiger partial charge in [0, 0.05) is 22.6 Å². The Bertz CT molecular complexity index is 1180. The van der Waals surface area contributed by atoms with Gasteiger partial charge in [0.15, 0.2) is 0 Å². The fourth-order valence-electron chi connectivity index (χ4n) is 3.12. The van der Waals surface area contributed by atoms with Crippen LogP contribution in [0, 0.1) is 0 Å². The first kappa shape index (κ1) is 19.7. The molecule has 0 saturated heterocycles. The van der Waals surface area contributed by atoms with Crippen LogP contribution in [0.4, 0.5) is 0 Å². The third-order valence-electron chi connectivity index (χ3n) is 4.67. The summed E-state index contributed by atoms with van der Waals surface area (Å²) in [5, 5.41) is 3.37. The van der Waals surface area contributed by atoms with Crippen molar-refractivity contribution in [3.63, 3.8) is 0 Å². The van der Waals surface area contributed by atoms with E-state index in [1.165, 1.54) is 19.6 Å². The lowest BCUT2D eigenvalue weighted by Crippen LogP contribution is -2.43. The highest BCUT2D eigenvalue weighted by molar-refractivity contribution is 6.30. The van der Waals surface area contributed by atoms with Crippen LogP contribution in [0.3, 0.4) is 0 Å². The maximum atomic E-state index is 12.8. The number of hydrogen-bond acceptors (Lipinski definition) is 5. The van der Waals surface area contributed by atoms with E-state index in [1.54, 1.807) is 36.4 Å². The van der Waals surface area contributed by atoms with Crippen molar-refractivity contribution >= 4 is 34.5 Å². The van der Waals surface area contributed by atoms with Crippen LogP contribution in [-0.4, -0.2) is 35.0 Å². The number of benzene rings is 2. The molecule has 2 aromatic carbocycles. The summed E-state index contributed by atoms with van der Waals surface area (Å²) >= 11 is 5.94. The van der Waals surface area contributed by atoms with E-state index in [9.17, 15) is 9.59 Å². The summed E-state index contributed by atoms with van der Waals surface area (Å²) in [7, 11) is 1.28. The summed E-state index contributed by atoms with van der Waals surface area (Å²) in [6, 6.07) is 13.3. The Labute approximate surface area is 177 Å². The molecule has 0 aliphatic carbocycles. The van der Waals surface area contributed by atoms with Gasteiger partial charge in [0.2, 0.25) is 0 Å². The summed E-state index contributed by atoms with van der Waals surface area (Å²) in [5.74, 6) is -0.248. The number of carbonyl (C=O) groups is 2. The number of methoxy groups -OCH3 is 1. The third kappa shape index (κ3) is 4.21. The maximum absolute atomic E-state index is 12.8. The lowest BCUT2D eigenvalue weighted by molar-refractivity contribution is -0.142. The van der Waals surface area contributed by atoms with Crippen molar-refractivity contribution in [3.8, 4) is 11.4 Å². The molecule has 0 spiro atoms. The summed E-state index contributed by atoms with van der Waals surface area (Å²) in [6.07, 6.45) is 3.30. The number of furan rings is 1. The van der Waals surface area contributed by atoms with Crippen molar-refractivity contribution in [2.45, 2.75) is 12.5 Å². The number of ether oxygens (including phenoxy) is 1. The van der Waals surface area contributed by atoms with E-state index in [2.05, 4.69) is 15.3 Å². The summed E-state index contributed by atoms with van der Waals surface area (Å²) in [4.78, 5) is 32.6. The number of aromatic nitrogens is 2. The standard InChI is InChI=1S/C22H18ClN3O4/c1-29-22(28)19(10-13-8-9-30-12-13)26-21(27)15-4-7-17-18(11-15)25-20(24-17)14-2-5-16(23)6-3-14/h2-9,11-12,19H,10H2,1H3,(H,24,25)(H,26,27). The largest absolute Gasteiger partial charge is 0.472 e. The first-order valence-corrected chi connectivity index (χ1v) is 9.57. The Morgan fingerprint density at radius 3 is 2.70 bits per heavy atom. The van der Waals surface area contributed by atoms with Crippen LogP contribution >= 0.6 is 11.6 Å². The molecule has 1 amide bonds. The van der Waals surface area contributed by atoms with Crippen LogP contribution < -0.4 is 5.32 Å². The maximum Gasteiger partial charge on any atom is 0.328 e. The number of amides is 1. The molecule has 1 atom stereocenters. The van der Waals surface area contributed by atoms with Crippen molar-refractivity contribution in [1.29, 1.82) is 0 Å². The van der Waals surface area contributed by atoms with Crippen molar-refractivity contribution < 1.29 is 18.7 Å². The van der Waals surface area contributed by atoms with Crippen molar-refractivity contribution in [1.82, 2.24) is 15.3 Å². The van der Waals surface area contributed by atoms with Crippen LogP contribution in [0.5, 0.6) is 0 Å². The van der Waals surface area contributed by atoms with Crippen LogP contribution in [0.1, 0.15) is 15.9 Å². The summed E-state index contributed by atoms with van der Waals surface area (Å²) in [5.41, 5.74) is 3.49. The van der Waals surface area contributed by atoms with E-state index in [1.807, 2.05) is 12.1 Å². The molecule has 2 heterocycles. The van der Waals surface area contributed by atoms with Gasteiger partial charge in [-0.05, 0) is 54.1 Å². The Morgan fingerprint density at radius 1 is 1.20 bits per heavy atom. The van der Waals surface area contributed by atoms with Crippen LogP contribution in [0.25, 0.3) is 22.4 Å². The molecule has 30 heavy (non-hydrogen) atoms. The van der Waals surface area contributed by atoms with Gasteiger partial charge in [-0.15, -0.1) is 0 Å². The summed E-state index contributed by atoms with van der Waals surface area (Å²) in [6.45, 7) is 0. The molecular weight excluding hydrogens is 406 g/mol. The highest BCUT2D eigenvalue weighted by Crippen LogP contribution is 2.23. The van der Waals surface area contributed by atoms with E-state index in [0.717, 1.165) is 16.6 Å². The number of imidazole rings is 1. The fraction of sp³-hybridized carbons (Fsp3) is 0.136. The number of rotatable bonds is 6. The smallest absolute Gasteiger partial charge is 0.328 e. The molecule has 0 aliphatic heterocycles. The molecule has 0 radical (unpaired) electrons. The van der Waals surface area contributed by atoms with Crippen molar-refractivity contribution in [2.75, 3.05) is 7.11 Å². The molecular formula is C22H18ClN3O4. The SMILES string of the molecule is COC(=O)C(Cc1ccoc1)NC(=O)c1ccc2nc(-c3ccc(Cl)cc3)[nH]c2c1. The van der Waals surface area contributed by atoms with Gasteiger partial charge in [-0.25, -0.2) is 9.78 Å². The number of hydrogen-bond donors (Lipinski definition) is 2. The normalized spacial score (nSPS) is 11.9. The van der Waals surface area contributed by atoms with Gasteiger partial charge in [-0.1, -0.05) is 11.6 Å². The first-order valence-electron chi connectivity index (χ1n) is 9.19. The van der Waals surface area contributed by atoms with Crippen molar-refractivity contribution in [3.05, 3.63) is 77.2 Å². The topological polar surface area (TPSA) is 97.2 Å². The lowest BCUT2D eigenvalue weighted by Gasteiger charge is -2.15. The Kier molecular flexibility index (Phi) is 5.54. The van der Waals surface area contributed by atoms with Gasteiger partial charge in [-0.3, -0.25) is 4.79 Å². The number of carbonyl (C=O) groups excluding carboxylic acids is 2. The molecule has 2 aromatic heterocycles. The fourth-order valence-corrected chi connectivity index (χ4v) is 3.24. The quantitative estimate of drug-likeness (QED) is 0.457. The number of nitrogens with zero attached hydrogens (tertiary/aromatic N) is 1. The molecule has 4 rings (SSSR count). The second kappa shape index (κ2) is 8.42. The number of aromatic amines is 1. The molecule has 8 heteroatoms. The van der Waals surface area contributed by atoms with E-state index >= 15 is 0 Å². The first-order chi connectivity index (χ1) is 14.5. The number of fused-ring (bicyclic) bond motifs is 1. The Morgan fingerprint density at radius 2 is 2.00 bits per heavy atom. The van der Waals surface area contributed by atoms with Gasteiger partial charge >= 0.3 is 5.97 Å². The van der Waals surface area contributed by atoms with Crippen LogP contribution in [0.2, 0.25) is 5.02 Å². The van der Waals surface area contributed by atoms with E-state index in [0.29, 0.717) is 21.9 Å². The van der Waals surface area contributed by atoms with E-state index in [-0.39, 0.29) is 6.42 Å². The molecule has 152 valence electrons. The highest BCUT2D eigenvalue weighted by atomic mass is 35.5. The van der Waals surface area contributed by atoms with E-state index < -0.39 is 17.9 Å². The van der Waals surface area contributed by atoms with Gasteiger partial charge in [0.05, 0.1) is 30.7 Å². The Balaban J connectivity index is 1.56. The third-order valence-corrected chi connectivity index (χ3v) is 4.92. The zero-order valence-corrected chi connectivity index (χ0v) is 16.8. The number of halogens is 1. The number of esters is 1. The minimum absolute atomic E-state index is 0.266. The molecule has 0 saturated carbocycles. The second-order valence-corrected chi connectivity index (χ2v) is 7.15. The number of H-pyrrole nitrogens is 1. The van der Waals surface area contributed by atoms with Crippen molar-refractivity contribution in [2.24, 2.45) is 0 Å². The second-order valence-electron chi connectivity index (χ2n) is 6.71. The highest BCUT2D eigenvalue weighted by Gasteiger charge is 2.23. The number of nitrogens with one attached hydrogen (secondary N) is 2. The predicted octanol–water partition coefficient (Wildman–Crippen LogP) is 3.99. The molecule has 0 bridgehead atoms. The average Bonchev–Trinajstić information content (AvgIpc) is 3.42. The minimum atomic E-state index is -0.831. The average molecular weight is 424 g/mol. The summed E-state index contributed by atoms with van der Waals surface area (Å²) < 4.78 is 9.85. The van der Waals surface area contributed by atoms with Crippen LogP contribution in [0.15, 0.2) is 65.5 Å². The molecule has 0 aliphatic rings. The molecule has 4 aromatic rings. The molecule has 2 N–H and O–H groups in total. The zero-order valence-electron chi connectivity index (χ0n) is 16.0. The van der Waals surface area contributed by atoms with Gasteiger partial charge in [0.25, 0.3) is 5.91 Å². The Hall–Kier alpha value is -3.58. The van der Waals surface area contributed by atoms with Gasteiger partial charge < -0.3 is 19.5 Å². The molecule has 0 fully saturated rings.